The highest BCUT2D eigenvalue weighted by atomic mass is 32.2. The number of rotatable bonds is 4. The number of nitrogens with two attached hydrogens (primary N) is 1. The van der Waals surface area contributed by atoms with E-state index in [4.69, 9.17) is 10.8 Å². The zero-order valence-electron chi connectivity index (χ0n) is 11.5. The second-order valence-electron chi connectivity index (χ2n) is 5.04. The predicted molar refractivity (Wildman–Crippen MR) is 79.1 cm³/mol. The second-order valence-corrected chi connectivity index (χ2v) is 6.93. The van der Waals surface area contributed by atoms with E-state index in [2.05, 4.69) is 9.62 Å². The molecule has 0 aliphatic carbocycles. The van der Waals surface area contributed by atoms with Gasteiger partial charge in [-0.15, -0.1) is 0 Å². The molecule has 0 atom stereocenters. The lowest BCUT2D eigenvalue weighted by Crippen LogP contribution is -2.35. The number of benzene rings is 1. The van der Waals surface area contributed by atoms with Gasteiger partial charge in [0.05, 0.1) is 16.3 Å². The van der Waals surface area contributed by atoms with Gasteiger partial charge in [0.1, 0.15) is 0 Å². The van der Waals surface area contributed by atoms with E-state index >= 15 is 0 Å². The van der Waals surface area contributed by atoms with Gasteiger partial charge in [-0.3, -0.25) is 0 Å². The van der Waals surface area contributed by atoms with Gasteiger partial charge in [0.2, 0.25) is 10.0 Å². The minimum atomic E-state index is -3.46. The molecule has 7 heteroatoms. The molecule has 112 valence electrons. The summed E-state index contributed by atoms with van der Waals surface area (Å²) in [6, 6.07) is 4.80. The van der Waals surface area contributed by atoms with Gasteiger partial charge < -0.3 is 15.7 Å². The minimum absolute atomic E-state index is 0.173. The molecule has 1 aliphatic heterocycles. The summed E-state index contributed by atoms with van der Waals surface area (Å²) in [7, 11) is -2.09. The Labute approximate surface area is 119 Å². The molecule has 4 N–H and O–H groups in total. The van der Waals surface area contributed by atoms with Crippen molar-refractivity contribution in [2.75, 3.05) is 37.4 Å². The van der Waals surface area contributed by atoms with Gasteiger partial charge >= 0.3 is 0 Å². The summed E-state index contributed by atoms with van der Waals surface area (Å²) in [6.07, 6.45) is 1.85. The van der Waals surface area contributed by atoms with E-state index in [9.17, 15) is 8.42 Å². The van der Waals surface area contributed by atoms with E-state index in [1.54, 1.807) is 12.1 Å². The van der Waals surface area contributed by atoms with Crippen LogP contribution in [0.2, 0.25) is 0 Å². The Bertz CT molecular complexity index is 566. The standard InChI is InChI=1S/C13H21N3O3S/c1-15-20(18,19)11-2-3-13(12(14)8-11)16-6-4-10(9-17)5-7-16/h2-3,8,10,15,17H,4-7,9,14H2,1H3. The number of nitrogens with one attached hydrogen (secondary N) is 1. The molecular formula is C13H21N3O3S. The summed E-state index contributed by atoms with van der Waals surface area (Å²) in [6.45, 7) is 1.88. The first-order chi connectivity index (χ1) is 9.47. The van der Waals surface area contributed by atoms with Crippen LogP contribution in [-0.4, -0.2) is 40.3 Å². The molecule has 1 heterocycles. The third-order valence-electron chi connectivity index (χ3n) is 3.79. The van der Waals surface area contributed by atoms with Crippen LogP contribution in [0.5, 0.6) is 0 Å². The molecule has 0 spiro atoms. The molecule has 1 fully saturated rings. The Morgan fingerprint density at radius 2 is 2.05 bits per heavy atom. The van der Waals surface area contributed by atoms with Crippen LogP contribution in [0.3, 0.4) is 0 Å². The Morgan fingerprint density at radius 1 is 1.40 bits per heavy atom. The van der Waals surface area contributed by atoms with E-state index in [0.29, 0.717) is 11.6 Å². The first kappa shape index (κ1) is 15.1. The lowest BCUT2D eigenvalue weighted by molar-refractivity contribution is 0.203. The monoisotopic (exact) mass is 299 g/mol. The van der Waals surface area contributed by atoms with Gasteiger partial charge in [-0.2, -0.15) is 0 Å². The lowest BCUT2D eigenvalue weighted by Gasteiger charge is -2.33. The van der Waals surface area contributed by atoms with Crippen LogP contribution in [-0.2, 0) is 10.0 Å². The van der Waals surface area contributed by atoms with Crippen molar-refractivity contribution in [3.05, 3.63) is 18.2 Å². The van der Waals surface area contributed by atoms with Crippen molar-refractivity contribution < 1.29 is 13.5 Å². The van der Waals surface area contributed by atoms with Crippen molar-refractivity contribution in [3.8, 4) is 0 Å². The highest BCUT2D eigenvalue weighted by Gasteiger charge is 2.21. The molecular weight excluding hydrogens is 278 g/mol. The van der Waals surface area contributed by atoms with Crippen molar-refractivity contribution in [1.29, 1.82) is 0 Å². The van der Waals surface area contributed by atoms with Crippen molar-refractivity contribution in [1.82, 2.24) is 4.72 Å². The number of hydrogen-bond donors (Lipinski definition) is 3. The minimum Gasteiger partial charge on any atom is -0.397 e. The Morgan fingerprint density at radius 3 is 2.55 bits per heavy atom. The highest BCUT2D eigenvalue weighted by molar-refractivity contribution is 7.89. The topological polar surface area (TPSA) is 95.7 Å². The third kappa shape index (κ3) is 3.05. The molecule has 20 heavy (non-hydrogen) atoms. The third-order valence-corrected chi connectivity index (χ3v) is 5.20. The van der Waals surface area contributed by atoms with Gasteiger partial charge in [-0.25, -0.2) is 13.1 Å². The zero-order valence-corrected chi connectivity index (χ0v) is 12.4. The Hall–Kier alpha value is -1.31. The molecule has 2 rings (SSSR count). The summed E-state index contributed by atoms with van der Waals surface area (Å²) in [4.78, 5) is 2.31. The molecule has 0 amide bonds. The maximum Gasteiger partial charge on any atom is 0.240 e. The average Bonchev–Trinajstić information content (AvgIpc) is 2.47. The van der Waals surface area contributed by atoms with E-state index in [0.717, 1.165) is 31.6 Å². The van der Waals surface area contributed by atoms with E-state index in [-0.39, 0.29) is 11.5 Å². The number of aliphatic hydroxyl groups excluding tert-OH is 1. The number of anilines is 2. The Balaban J connectivity index is 2.19. The summed E-state index contributed by atoms with van der Waals surface area (Å²) in [5, 5.41) is 9.14. The fourth-order valence-electron chi connectivity index (χ4n) is 2.46. The zero-order chi connectivity index (χ0) is 14.8. The quantitative estimate of drug-likeness (QED) is 0.699. The summed E-state index contributed by atoms with van der Waals surface area (Å²) in [5.74, 6) is 0.358. The maximum absolute atomic E-state index is 11.7. The molecule has 0 radical (unpaired) electrons. The SMILES string of the molecule is CNS(=O)(=O)c1ccc(N2CCC(CO)CC2)c(N)c1. The van der Waals surface area contributed by atoms with Crippen molar-refractivity contribution in [2.24, 2.45) is 5.92 Å². The summed E-state index contributed by atoms with van der Waals surface area (Å²) < 4.78 is 25.7. The molecule has 1 aromatic rings. The van der Waals surface area contributed by atoms with Crippen molar-refractivity contribution >= 4 is 21.4 Å². The van der Waals surface area contributed by atoms with E-state index in [1.165, 1.54) is 13.1 Å². The van der Waals surface area contributed by atoms with Crippen LogP contribution in [0.25, 0.3) is 0 Å². The molecule has 1 aromatic carbocycles. The van der Waals surface area contributed by atoms with Gasteiger partial charge in [0.15, 0.2) is 0 Å². The van der Waals surface area contributed by atoms with Gasteiger partial charge in [-0.05, 0) is 44.0 Å². The molecule has 0 unspecified atom stereocenters. The average molecular weight is 299 g/mol. The van der Waals surface area contributed by atoms with Crippen LogP contribution >= 0.6 is 0 Å². The highest BCUT2D eigenvalue weighted by Crippen LogP contribution is 2.29. The molecule has 1 aliphatic rings. The van der Waals surface area contributed by atoms with E-state index in [1.807, 2.05) is 0 Å². The first-order valence-corrected chi connectivity index (χ1v) is 8.15. The molecule has 6 nitrogen and oxygen atoms in total. The van der Waals surface area contributed by atoms with Crippen molar-refractivity contribution in [3.63, 3.8) is 0 Å². The maximum atomic E-state index is 11.7. The van der Waals surface area contributed by atoms with E-state index < -0.39 is 10.0 Å². The van der Waals surface area contributed by atoms with Gasteiger partial charge in [0.25, 0.3) is 0 Å². The predicted octanol–water partition coefficient (Wildman–Crippen LogP) is 0.386. The number of nitrogens with zero attached hydrogens (tertiary/aromatic N) is 1. The molecule has 1 saturated heterocycles. The molecule has 0 aromatic heterocycles. The summed E-state index contributed by atoms with van der Waals surface area (Å²) >= 11 is 0. The first-order valence-electron chi connectivity index (χ1n) is 6.67. The number of aliphatic hydroxyl groups is 1. The smallest absolute Gasteiger partial charge is 0.240 e. The van der Waals surface area contributed by atoms with Crippen LogP contribution < -0.4 is 15.4 Å². The molecule has 0 saturated carbocycles. The summed E-state index contributed by atoms with van der Waals surface area (Å²) in [5.41, 5.74) is 7.31. The number of hydrogen-bond acceptors (Lipinski definition) is 5. The largest absolute Gasteiger partial charge is 0.397 e. The van der Waals surface area contributed by atoms with Crippen molar-refractivity contribution in [2.45, 2.75) is 17.7 Å². The van der Waals surface area contributed by atoms with Crippen LogP contribution in [0.15, 0.2) is 23.1 Å². The lowest BCUT2D eigenvalue weighted by atomic mass is 9.97. The fraction of sp³-hybridized carbons (Fsp3) is 0.538. The fourth-order valence-corrected chi connectivity index (χ4v) is 3.23. The molecule has 0 bridgehead atoms. The number of nitrogen functional groups attached to an aromatic ring is 1. The van der Waals surface area contributed by atoms with Crippen LogP contribution in [0.1, 0.15) is 12.8 Å². The normalized spacial score (nSPS) is 17.4. The Kier molecular flexibility index (Phi) is 4.52. The van der Waals surface area contributed by atoms with Crippen LogP contribution in [0.4, 0.5) is 11.4 Å². The van der Waals surface area contributed by atoms with Crippen LogP contribution in [0, 0.1) is 5.92 Å². The van der Waals surface area contributed by atoms with Gasteiger partial charge in [-0.1, -0.05) is 0 Å². The number of sulfonamides is 1. The second kappa shape index (κ2) is 5.99. The van der Waals surface area contributed by atoms with Gasteiger partial charge in [0, 0.05) is 19.7 Å². The number of piperidine rings is 1.